The van der Waals surface area contributed by atoms with E-state index in [9.17, 15) is 9.18 Å². The van der Waals surface area contributed by atoms with Crippen molar-refractivity contribution in [3.63, 3.8) is 0 Å². The van der Waals surface area contributed by atoms with Gasteiger partial charge in [0.25, 0.3) is 5.91 Å². The van der Waals surface area contributed by atoms with Gasteiger partial charge in [-0.05, 0) is 37.1 Å². The molecule has 142 valence electrons. The zero-order chi connectivity index (χ0) is 20.1. The van der Waals surface area contributed by atoms with E-state index in [1.807, 2.05) is 25.1 Å². The topological polar surface area (TPSA) is 79.8 Å². The molecule has 3 aromatic heterocycles. The molecule has 0 unspecified atom stereocenters. The number of pyridine rings is 1. The van der Waals surface area contributed by atoms with E-state index in [-0.39, 0.29) is 23.5 Å². The van der Waals surface area contributed by atoms with Crippen LogP contribution in [0.2, 0.25) is 0 Å². The van der Waals surface area contributed by atoms with Crippen LogP contribution in [0, 0.1) is 18.2 Å². The molecule has 8 heteroatoms. The Morgan fingerprint density at radius 1 is 1.28 bits per heavy atom. The van der Waals surface area contributed by atoms with Gasteiger partial charge in [0, 0.05) is 28.1 Å². The molecule has 1 aliphatic heterocycles. The smallest absolute Gasteiger partial charge is 0.263 e. The highest BCUT2D eigenvalue weighted by molar-refractivity contribution is 7.21. The predicted octanol–water partition coefficient (Wildman–Crippen LogP) is 3.57. The molecule has 4 heterocycles. The zero-order valence-corrected chi connectivity index (χ0v) is 16.1. The second kappa shape index (κ2) is 6.50. The van der Waals surface area contributed by atoms with Gasteiger partial charge in [-0.3, -0.25) is 4.79 Å². The number of benzene rings is 1. The molecule has 5 rings (SSSR count). The van der Waals surface area contributed by atoms with Crippen molar-refractivity contribution in [1.82, 2.24) is 20.3 Å². The number of thiophene rings is 1. The molecule has 0 bridgehead atoms. The van der Waals surface area contributed by atoms with Crippen LogP contribution in [0.3, 0.4) is 0 Å². The number of hydrogen-bond acceptors (Lipinski definition) is 6. The molecule has 1 amide bonds. The van der Waals surface area contributed by atoms with Crippen LogP contribution >= 0.6 is 11.3 Å². The van der Waals surface area contributed by atoms with E-state index in [4.69, 9.17) is 6.42 Å². The fraction of sp³-hybridized carbons (Fsp3) is 0.143. The summed E-state index contributed by atoms with van der Waals surface area (Å²) < 4.78 is 15.2. The number of halogens is 1. The van der Waals surface area contributed by atoms with Gasteiger partial charge < -0.3 is 10.6 Å². The van der Waals surface area contributed by atoms with Gasteiger partial charge in [-0.1, -0.05) is 0 Å². The summed E-state index contributed by atoms with van der Waals surface area (Å²) in [6.07, 6.45) is 6.38. The van der Waals surface area contributed by atoms with Gasteiger partial charge in [-0.25, -0.2) is 19.3 Å². The summed E-state index contributed by atoms with van der Waals surface area (Å²) in [6, 6.07) is 7.39. The van der Waals surface area contributed by atoms with Crippen LogP contribution in [0.15, 0.2) is 30.5 Å². The van der Waals surface area contributed by atoms with Crippen molar-refractivity contribution >= 4 is 43.9 Å². The molecule has 0 spiro atoms. The number of carbonyl (C=O) groups excluding carboxylic acids is 1. The molecule has 1 aliphatic rings. The fourth-order valence-electron chi connectivity index (χ4n) is 3.47. The van der Waals surface area contributed by atoms with Crippen molar-refractivity contribution in [2.75, 3.05) is 11.9 Å². The molecule has 0 saturated carbocycles. The number of amides is 1. The standard InChI is InChI=1S/C21H14FN5OS/c1-3-16-23-9-12(22)18(27-16)14-5-4-11-13(26-14)6-7-15-17(11)19-20(29-15)21(28)25-10(2)8-24-19/h1,4-7,9-10,24H,8H2,2H3,(H,25,28)/t10-/m1/s1. The minimum atomic E-state index is -0.589. The molecule has 0 fully saturated rings. The quantitative estimate of drug-likeness (QED) is 0.475. The predicted molar refractivity (Wildman–Crippen MR) is 111 cm³/mol. The highest BCUT2D eigenvalue weighted by Gasteiger charge is 2.25. The van der Waals surface area contributed by atoms with Crippen LogP contribution in [-0.4, -0.2) is 33.4 Å². The van der Waals surface area contributed by atoms with Crippen LogP contribution in [0.4, 0.5) is 10.1 Å². The lowest BCUT2D eigenvalue weighted by atomic mass is 10.1. The van der Waals surface area contributed by atoms with Crippen LogP contribution in [0.1, 0.15) is 22.4 Å². The average Bonchev–Trinajstić information content (AvgIpc) is 3.05. The molecule has 29 heavy (non-hydrogen) atoms. The largest absolute Gasteiger partial charge is 0.381 e. The molecule has 0 saturated heterocycles. The van der Waals surface area contributed by atoms with E-state index in [0.29, 0.717) is 22.6 Å². The third-order valence-corrected chi connectivity index (χ3v) is 5.96. The third-order valence-electron chi connectivity index (χ3n) is 4.81. The van der Waals surface area contributed by atoms with E-state index in [2.05, 4.69) is 31.5 Å². The van der Waals surface area contributed by atoms with Crippen molar-refractivity contribution in [3.05, 3.63) is 47.0 Å². The maximum atomic E-state index is 14.3. The lowest BCUT2D eigenvalue weighted by Crippen LogP contribution is -2.34. The first kappa shape index (κ1) is 17.5. The molecule has 6 nitrogen and oxygen atoms in total. The molecular weight excluding hydrogens is 389 g/mol. The summed E-state index contributed by atoms with van der Waals surface area (Å²) in [4.78, 5) is 25.6. The summed E-state index contributed by atoms with van der Waals surface area (Å²) in [5.74, 6) is 1.74. The van der Waals surface area contributed by atoms with Gasteiger partial charge in [-0.15, -0.1) is 17.8 Å². The second-order valence-corrected chi connectivity index (χ2v) is 7.85. The first-order valence-electron chi connectivity index (χ1n) is 8.95. The number of nitrogens with zero attached hydrogens (tertiary/aromatic N) is 3. The van der Waals surface area contributed by atoms with Crippen molar-refractivity contribution < 1.29 is 9.18 Å². The lowest BCUT2D eigenvalue weighted by molar-refractivity contribution is 0.0949. The van der Waals surface area contributed by atoms with Gasteiger partial charge >= 0.3 is 0 Å². The number of anilines is 1. The van der Waals surface area contributed by atoms with Gasteiger partial charge in [0.1, 0.15) is 10.6 Å². The van der Waals surface area contributed by atoms with Crippen LogP contribution in [-0.2, 0) is 0 Å². The Morgan fingerprint density at radius 2 is 2.14 bits per heavy atom. The molecule has 1 atom stereocenters. The summed E-state index contributed by atoms with van der Waals surface area (Å²) in [5.41, 5.74) is 1.92. The average molecular weight is 403 g/mol. The number of rotatable bonds is 1. The Balaban J connectivity index is 1.72. The molecule has 0 radical (unpaired) electrons. The van der Waals surface area contributed by atoms with Crippen LogP contribution in [0.25, 0.3) is 32.4 Å². The van der Waals surface area contributed by atoms with Gasteiger partial charge in [0.05, 0.1) is 23.1 Å². The first-order valence-corrected chi connectivity index (χ1v) is 9.77. The number of hydrogen-bond donors (Lipinski definition) is 2. The van der Waals surface area contributed by atoms with Crippen molar-refractivity contribution in [2.24, 2.45) is 0 Å². The Labute approximate surface area is 169 Å². The summed E-state index contributed by atoms with van der Waals surface area (Å²) >= 11 is 1.44. The fourth-order valence-corrected chi connectivity index (χ4v) is 4.57. The van der Waals surface area contributed by atoms with E-state index < -0.39 is 5.82 Å². The molecular formula is C21H14FN5OS. The molecule has 0 aliphatic carbocycles. The maximum absolute atomic E-state index is 14.3. The van der Waals surface area contributed by atoms with Gasteiger partial charge in [0.2, 0.25) is 5.82 Å². The van der Waals surface area contributed by atoms with Gasteiger partial charge in [-0.2, -0.15) is 0 Å². The van der Waals surface area contributed by atoms with Crippen molar-refractivity contribution in [1.29, 1.82) is 0 Å². The normalized spacial score (nSPS) is 16.0. The molecule has 2 N–H and O–H groups in total. The van der Waals surface area contributed by atoms with Gasteiger partial charge in [0.15, 0.2) is 5.82 Å². The second-order valence-electron chi connectivity index (χ2n) is 6.80. The first-order chi connectivity index (χ1) is 14.0. The highest BCUT2D eigenvalue weighted by atomic mass is 32.1. The summed E-state index contributed by atoms with van der Waals surface area (Å²) in [6.45, 7) is 2.59. The highest BCUT2D eigenvalue weighted by Crippen LogP contribution is 2.41. The van der Waals surface area contributed by atoms with Crippen LogP contribution < -0.4 is 10.6 Å². The third kappa shape index (κ3) is 2.79. The SMILES string of the molecule is C#Cc1ncc(F)c(-c2ccc3c(ccc4sc5c(c43)NC[C@@H](C)NC5=O)n2)n1. The van der Waals surface area contributed by atoms with E-state index in [1.165, 1.54) is 11.3 Å². The van der Waals surface area contributed by atoms with E-state index >= 15 is 0 Å². The minimum Gasteiger partial charge on any atom is -0.381 e. The van der Waals surface area contributed by atoms with E-state index in [0.717, 1.165) is 27.4 Å². The Bertz CT molecular complexity index is 1360. The number of terminal acetylenes is 1. The summed E-state index contributed by atoms with van der Waals surface area (Å²) in [7, 11) is 0. The van der Waals surface area contributed by atoms with Crippen molar-refractivity contribution in [3.8, 4) is 23.7 Å². The van der Waals surface area contributed by atoms with E-state index in [1.54, 1.807) is 6.07 Å². The Hall–Kier alpha value is -3.57. The number of carbonyl (C=O) groups is 1. The zero-order valence-electron chi connectivity index (χ0n) is 15.3. The maximum Gasteiger partial charge on any atom is 0.263 e. The van der Waals surface area contributed by atoms with Crippen LogP contribution in [0.5, 0.6) is 0 Å². The minimum absolute atomic E-state index is 0.0305. The monoisotopic (exact) mass is 403 g/mol. The lowest BCUT2D eigenvalue weighted by Gasteiger charge is -2.10. The number of nitrogens with one attached hydrogen (secondary N) is 2. The number of fused-ring (bicyclic) bond motifs is 5. The molecule has 4 aromatic rings. The Morgan fingerprint density at radius 3 is 2.97 bits per heavy atom. The molecule has 1 aromatic carbocycles. The number of aromatic nitrogens is 3. The Kier molecular flexibility index (Phi) is 3.93. The van der Waals surface area contributed by atoms with Crippen molar-refractivity contribution in [2.45, 2.75) is 13.0 Å². The summed E-state index contributed by atoms with van der Waals surface area (Å²) in [5, 5.41) is 8.19.